The van der Waals surface area contributed by atoms with Gasteiger partial charge in [-0.15, -0.1) is 0 Å². The monoisotopic (exact) mass is 229 g/mol. The van der Waals surface area contributed by atoms with Crippen molar-refractivity contribution in [3.05, 3.63) is 0 Å². The molecule has 3 atom stereocenters. The molecule has 0 amide bonds. The van der Waals surface area contributed by atoms with E-state index in [1.165, 1.54) is 0 Å². The summed E-state index contributed by atoms with van der Waals surface area (Å²) in [7, 11) is 2.06. The van der Waals surface area contributed by atoms with Gasteiger partial charge in [0.15, 0.2) is 5.79 Å². The maximum Gasteiger partial charge on any atom is 0.306 e. The summed E-state index contributed by atoms with van der Waals surface area (Å²) < 4.78 is 11.5. The minimum Gasteiger partial charge on any atom is -0.481 e. The number of aliphatic carboxylic acids is 1. The van der Waals surface area contributed by atoms with Crippen molar-refractivity contribution < 1.29 is 19.4 Å². The molecule has 0 bridgehead atoms. The van der Waals surface area contributed by atoms with Gasteiger partial charge in [0.2, 0.25) is 0 Å². The number of hydrogen-bond acceptors (Lipinski definition) is 4. The summed E-state index contributed by atoms with van der Waals surface area (Å²) in [4.78, 5) is 12.8. The highest BCUT2D eigenvalue weighted by atomic mass is 16.7. The molecule has 5 heteroatoms. The van der Waals surface area contributed by atoms with Gasteiger partial charge in [-0.05, 0) is 33.4 Å². The minimum absolute atomic E-state index is 0.0199. The molecular formula is C11H19NO4. The molecule has 5 nitrogen and oxygen atoms in total. The van der Waals surface area contributed by atoms with Crippen LogP contribution in [0.1, 0.15) is 26.2 Å². The maximum absolute atomic E-state index is 10.6. The van der Waals surface area contributed by atoms with E-state index in [2.05, 4.69) is 11.9 Å². The lowest BCUT2D eigenvalue weighted by Crippen LogP contribution is -2.47. The van der Waals surface area contributed by atoms with Gasteiger partial charge in [-0.2, -0.15) is 0 Å². The number of likely N-dealkylation sites (N-methyl/N-ethyl adjacent to an activating group) is 1. The molecule has 1 N–H and O–H groups in total. The summed E-state index contributed by atoms with van der Waals surface area (Å²) in [6, 6.07) is 0.242. The van der Waals surface area contributed by atoms with Crippen LogP contribution in [-0.4, -0.2) is 54.1 Å². The highest BCUT2D eigenvalue weighted by molar-refractivity contribution is 5.67. The molecule has 2 aliphatic rings. The molecule has 0 aliphatic carbocycles. The zero-order valence-electron chi connectivity index (χ0n) is 9.81. The Labute approximate surface area is 95.3 Å². The Balaban J connectivity index is 1.97. The topological polar surface area (TPSA) is 59.0 Å². The first-order valence-electron chi connectivity index (χ1n) is 5.75. The standard InChI is InChI=1S/C11H19NO4/c1-11(9-4-3-5-12(9)2)15-7-8(16-11)6-10(13)14/h8-9H,3-7H2,1-2H3,(H,13,14). The van der Waals surface area contributed by atoms with Crippen LogP contribution in [0, 0.1) is 0 Å². The summed E-state index contributed by atoms with van der Waals surface area (Å²) in [6.07, 6.45) is 1.91. The third-order valence-corrected chi connectivity index (χ3v) is 3.48. The molecule has 16 heavy (non-hydrogen) atoms. The number of hydrogen-bond donors (Lipinski definition) is 1. The summed E-state index contributed by atoms with van der Waals surface area (Å²) >= 11 is 0. The lowest BCUT2D eigenvalue weighted by atomic mass is 10.1. The maximum atomic E-state index is 10.6. The molecule has 92 valence electrons. The van der Waals surface area contributed by atoms with Crippen molar-refractivity contribution in [3.8, 4) is 0 Å². The highest BCUT2D eigenvalue weighted by Gasteiger charge is 2.47. The van der Waals surface area contributed by atoms with Crippen molar-refractivity contribution in [1.82, 2.24) is 4.90 Å². The van der Waals surface area contributed by atoms with Gasteiger partial charge in [-0.25, -0.2) is 0 Å². The third kappa shape index (κ3) is 2.21. The van der Waals surface area contributed by atoms with Gasteiger partial charge >= 0.3 is 5.97 Å². The quantitative estimate of drug-likeness (QED) is 0.771. The van der Waals surface area contributed by atoms with Crippen LogP contribution in [-0.2, 0) is 14.3 Å². The zero-order valence-corrected chi connectivity index (χ0v) is 9.81. The van der Waals surface area contributed by atoms with Crippen LogP contribution in [0.15, 0.2) is 0 Å². The van der Waals surface area contributed by atoms with Crippen LogP contribution in [0.4, 0.5) is 0 Å². The minimum atomic E-state index is -0.836. The number of carboxylic acids is 1. The van der Waals surface area contributed by atoms with Crippen molar-refractivity contribution in [1.29, 1.82) is 0 Å². The van der Waals surface area contributed by atoms with Crippen LogP contribution in [0.3, 0.4) is 0 Å². The van der Waals surface area contributed by atoms with Crippen LogP contribution < -0.4 is 0 Å². The summed E-state index contributed by atoms with van der Waals surface area (Å²) in [5.74, 6) is -1.47. The van der Waals surface area contributed by atoms with Gasteiger partial charge in [0.05, 0.1) is 25.2 Å². The van der Waals surface area contributed by atoms with Crippen molar-refractivity contribution in [2.75, 3.05) is 20.2 Å². The van der Waals surface area contributed by atoms with Crippen LogP contribution in [0.25, 0.3) is 0 Å². The summed E-state index contributed by atoms with van der Waals surface area (Å²) in [6.45, 7) is 3.35. The number of carbonyl (C=O) groups is 1. The predicted molar refractivity (Wildman–Crippen MR) is 57.1 cm³/mol. The lowest BCUT2D eigenvalue weighted by molar-refractivity contribution is -0.190. The second-order valence-electron chi connectivity index (χ2n) is 4.80. The van der Waals surface area contributed by atoms with E-state index in [0.717, 1.165) is 19.4 Å². The normalized spacial score (nSPS) is 40.4. The number of likely N-dealkylation sites (tertiary alicyclic amines) is 1. The van der Waals surface area contributed by atoms with Crippen LogP contribution in [0.2, 0.25) is 0 Å². The molecule has 2 rings (SSSR count). The first-order chi connectivity index (χ1) is 7.51. The molecule has 0 aromatic carbocycles. The Morgan fingerprint density at radius 2 is 2.38 bits per heavy atom. The van der Waals surface area contributed by atoms with E-state index < -0.39 is 11.8 Å². The number of carboxylic acid groups (broad SMARTS) is 1. The summed E-state index contributed by atoms with van der Waals surface area (Å²) in [5.41, 5.74) is 0. The smallest absolute Gasteiger partial charge is 0.306 e. The molecular weight excluding hydrogens is 210 g/mol. The van der Waals surface area contributed by atoms with Gasteiger partial charge in [-0.1, -0.05) is 0 Å². The molecule has 0 aromatic heterocycles. The molecule has 3 unspecified atom stereocenters. The molecule has 0 aromatic rings. The van der Waals surface area contributed by atoms with Gasteiger partial charge in [0.1, 0.15) is 0 Å². The van der Waals surface area contributed by atoms with Crippen molar-refractivity contribution >= 4 is 5.97 Å². The van der Waals surface area contributed by atoms with E-state index in [4.69, 9.17) is 14.6 Å². The second kappa shape index (κ2) is 4.31. The number of rotatable bonds is 3. The van der Waals surface area contributed by atoms with Gasteiger partial charge in [0.25, 0.3) is 0 Å². The fraction of sp³-hybridized carbons (Fsp3) is 0.909. The lowest BCUT2D eigenvalue weighted by Gasteiger charge is -2.34. The van der Waals surface area contributed by atoms with E-state index in [1.54, 1.807) is 0 Å². The van der Waals surface area contributed by atoms with E-state index in [0.29, 0.717) is 6.61 Å². The molecule has 2 saturated heterocycles. The van der Waals surface area contributed by atoms with Crippen LogP contribution in [0.5, 0.6) is 0 Å². The molecule has 0 radical (unpaired) electrons. The van der Waals surface area contributed by atoms with Gasteiger partial charge in [-0.3, -0.25) is 9.69 Å². The molecule has 2 heterocycles. The first kappa shape index (κ1) is 11.8. The first-order valence-corrected chi connectivity index (χ1v) is 5.75. The largest absolute Gasteiger partial charge is 0.481 e. The zero-order chi connectivity index (χ0) is 11.8. The fourth-order valence-electron chi connectivity index (χ4n) is 2.70. The molecule has 2 aliphatic heterocycles. The highest BCUT2D eigenvalue weighted by Crippen LogP contribution is 2.35. The molecule has 0 saturated carbocycles. The fourth-order valence-corrected chi connectivity index (χ4v) is 2.70. The average Bonchev–Trinajstić information content (AvgIpc) is 2.73. The molecule has 0 spiro atoms. The van der Waals surface area contributed by atoms with E-state index >= 15 is 0 Å². The van der Waals surface area contributed by atoms with Crippen molar-refractivity contribution in [2.24, 2.45) is 0 Å². The van der Waals surface area contributed by atoms with Crippen molar-refractivity contribution in [2.45, 2.75) is 44.1 Å². The Morgan fingerprint density at radius 1 is 1.62 bits per heavy atom. The van der Waals surface area contributed by atoms with E-state index in [9.17, 15) is 4.79 Å². The molecule has 2 fully saturated rings. The van der Waals surface area contributed by atoms with Crippen molar-refractivity contribution in [3.63, 3.8) is 0 Å². The van der Waals surface area contributed by atoms with Gasteiger partial charge in [0, 0.05) is 0 Å². The van der Waals surface area contributed by atoms with E-state index in [-0.39, 0.29) is 18.6 Å². The number of nitrogens with zero attached hydrogens (tertiary/aromatic N) is 1. The average molecular weight is 229 g/mol. The Morgan fingerprint density at radius 3 is 2.94 bits per heavy atom. The SMILES string of the molecule is CN1CCCC1C1(C)OCC(CC(=O)O)O1. The summed E-state index contributed by atoms with van der Waals surface area (Å²) in [5, 5.41) is 8.72. The predicted octanol–water partition coefficient (Wildman–Crippen LogP) is 0.687. The Hall–Kier alpha value is -0.650. The second-order valence-corrected chi connectivity index (χ2v) is 4.80. The third-order valence-electron chi connectivity index (χ3n) is 3.48. The van der Waals surface area contributed by atoms with E-state index in [1.807, 2.05) is 6.92 Å². The van der Waals surface area contributed by atoms with Crippen LogP contribution >= 0.6 is 0 Å². The van der Waals surface area contributed by atoms with Gasteiger partial charge < -0.3 is 14.6 Å². The Kier molecular flexibility index (Phi) is 3.19. The number of ether oxygens (including phenoxy) is 2. The Bertz CT molecular complexity index is 283.